The fourth-order valence-electron chi connectivity index (χ4n) is 1.20. The second kappa shape index (κ2) is 4.58. The summed E-state index contributed by atoms with van der Waals surface area (Å²) in [5.41, 5.74) is 16.7. The molecule has 0 spiro atoms. The lowest BCUT2D eigenvalue weighted by Gasteiger charge is -2.17. The molecule has 1 aromatic carbocycles. The Hall–Kier alpha value is -1.47. The van der Waals surface area contributed by atoms with Crippen LogP contribution in [0.4, 0.5) is 18.9 Å². The summed E-state index contributed by atoms with van der Waals surface area (Å²) in [6.07, 6.45) is -4.76. The van der Waals surface area contributed by atoms with Gasteiger partial charge >= 0.3 is 6.36 Å². The maximum atomic E-state index is 12.1. The molecule has 90 valence electrons. The van der Waals surface area contributed by atoms with E-state index in [9.17, 15) is 13.2 Å². The largest absolute Gasteiger partial charge is 0.573 e. The zero-order valence-corrected chi connectivity index (χ0v) is 8.29. The number of ether oxygens (including phenoxy) is 1. The molecule has 0 bridgehead atoms. The van der Waals surface area contributed by atoms with E-state index in [1.165, 1.54) is 12.1 Å². The van der Waals surface area contributed by atoms with E-state index in [0.717, 1.165) is 6.07 Å². The van der Waals surface area contributed by atoms with Gasteiger partial charge in [-0.2, -0.15) is 0 Å². The van der Waals surface area contributed by atoms with Crippen LogP contribution in [0.1, 0.15) is 11.6 Å². The fourth-order valence-corrected chi connectivity index (χ4v) is 1.20. The number of rotatable bonds is 3. The molecule has 0 heterocycles. The van der Waals surface area contributed by atoms with E-state index in [1.807, 2.05) is 0 Å². The minimum absolute atomic E-state index is 0.00231. The van der Waals surface area contributed by atoms with Crippen LogP contribution in [0.5, 0.6) is 5.75 Å². The zero-order valence-electron chi connectivity index (χ0n) is 8.29. The minimum Gasteiger partial charge on any atom is -0.405 e. The van der Waals surface area contributed by atoms with Crippen molar-refractivity contribution in [2.75, 3.05) is 12.3 Å². The summed E-state index contributed by atoms with van der Waals surface area (Å²) < 4.78 is 40.0. The third kappa shape index (κ3) is 3.28. The monoisotopic (exact) mass is 235 g/mol. The Labute approximate surface area is 90.2 Å². The van der Waals surface area contributed by atoms with Gasteiger partial charge in [-0.25, -0.2) is 0 Å². The van der Waals surface area contributed by atoms with Crippen LogP contribution < -0.4 is 21.9 Å². The number of hydrogen-bond donors (Lipinski definition) is 3. The van der Waals surface area contributed by atoms with Gasteiger partial charge in [0.2, 0.25) is 0 Å². The second-order valence-corrected chi connectivity index (χ2v) is 3.19. The molecule has 1 atom stereocenters. The van der Waals surface area contributed by atoms with Gasteiger partial charge in [-0.1, -0.05) is 0 Å². The maximum absolute atomic E-state index is 12.1. The van der Waals surface area contributed by atoms with Gasteiger partial charge in [-0.3, -0.25) is 0 Å². The van der Waals surface area contributed by atoms with Gasteiger partial charge in [0.25, 0.3) is 0 Å². The Bertz CT molecular complexity index is 368. The summed E-state index contributed by atoms with van der Waals surface area (Å²) in [7, 11) is 0. The molecule has 7 heteroatoms. The Kier molecular flexibility index (Phi) is 3.61. The van der Waals surface area contributed by atoms with Gasteiger partial charge < -0.3 is 21.9 Å². The lowest BCUT2D eigenvalue weighted by Crippen LogP contribution is -2.24. The molecule has 0 unspecified atom stereocenters. The molecule has 0 aliphatic rings. The molecule has 0 fully saturated rings. The van der Waals surface area contributed by atoms with E-state index in [2.05, 4.69) is 4.74 Å². The summed E-state index contributed by atoms with van der Waals surface area (Å²) >= 11 is 0. The van der Waals surface area contributed by atoms with Crippen molar-refractivity contribution in [2.45, 2.75) is 12.4 Å². The van der Waals surface area contributed by atoms with Crippen molar-refractivity contribution in [3.05, 3.63) is 23.8 Å². The topological polar surface area (TPSA) is 87.3 Å². The Morgan fingerprint density at radius 2 is 1.94 bits per heavy atom. The molecule has 16 heavy (non-hydrogen) atoms. The standard InChI is InChI=1S/C9H12F3N3O/c10-9(11,12)16-8-2-1-5(14)3-6(8)7(15)4-13/h1-3,7H,4,13-15H2/t7-/m0/s1. The van der Waals surface area contributed by atoms with Crippen molar-refractivity contribution < 1.29 is 17.9 Å². The summed E-state index contributed by atoms with van der Waals surface area (Å²) in [6, 6.07) is 2.99. The molecule has 0 radical (unpaired) electrons. The summed E-state index contributed by atoms with van der Waals surface area (Å²) in [6.45, 7) is -0.00231. The van der Waals surface area contributed by atoms with E-state index in [1.54, 1.807) is 0 Å². The number of nitrogens with two attached hydrogens (primary N) is 3. The van der Waals surface area contributed by atoms with Crippen LogP contribution in [0.3, 0.4) is 0 Å². The summed E-state index contributed by atoms with van der Waals surface area (Å²) in [4.78, 5) is 0. The molecule has 0 aliphatic heterocycles. The number of halogens is 3. The SMILES string of the molecule is NC[C@H](N)c1cc(N)ccc1OC(F)(F)F. The number of benzene rings is 1. The third-order valence-electron chi connectivity index (χ3n) is 1.91. The van der Waals surface area contributed by atoms with Crippen LogP contribution in [-0.4, -0.2) is 12.9 Å². The number of anilines is 1. The lowest BCUT2D eigenvalue weighted by molar-refractivity contribution is -0.274. The Morgan fingerprint density at radius 1 is 1.31 bits per heavy atom. The number of nitrogen functional groups attached to an aromatic ring is 1. The first kappa shape index (κ1) is 12.6. The van der Waals surface area contributed by atoms with Crippen LogP contribution in [0.15, 0.2) is 18.2 Å². The van der Waals surface area contributed by atoms with E-state index < -0.39 is 12.4 Å². The van der Waals surface area contributed by atoms with Crippen molar-refractivity contribution in [2.24, 2.45) is 11.5 Å². The maximum Gasteiger partial charge on any atom is 0.573 e. The van der Waals surface area contributed by atoms with Crippen molar-refractivity contribution in [3.63, 3.8) is 0 Å². The van der Waals surface area contributed by atoms with Gasteiger partial charge in [0.15, 0.2) is 0 Å². The first-order valence-corrected chi connectivity index (χ1v) is 4.44. The molecule has 1 rings (SSSR count). The highest BCUT2D eigenvalue weighted by molar-refractivity contribution is 5.49. The molecule has 0 saturated carbocycles. The minimum atomic E-state index is -4.76. The number of hydrogen-bond acceptors (Lipinski definition) is 4. The van der Waals surface area contributed by atoms with Crippen molar-refractivity contribution in [3.8, 4) is 5.75 Å². The molecule has 0 aliphatic carbocycles. The van der Waals surface area contributed by atoms with Gasteiger partial charge in [0, 0.05) is 23.8 Å². The van der Waals surface area contributed by atoms with E-state index in [0.29, 0.717) is 5.69 Å². The molecule has 0 amide bonds. The lowest BCUT2D eigenvalue weighted by atomic mass is 10.1. The smallest absolute Gasteiger partial charge is 0.405 e. The summed E-state index contributed by atoms with van der Waals surface area (Å²) in [5, 5.41) is 0. The predicted molar refractivity (Wildman–Crippen MR) is 53.5 cm³/mol. The second-order valence-electron chi connectivity index (χ2n) is 3.19. The van der Waals surface area contributed by atoms with Gasteiger partial charge in [0.1, 0.15) is 5.75 Å². The normalized spacial score (nSPS) is 13.6. The quantitative estimate of drug-likeness (QED) is 0.685. The van der Waals surface area contributed by atoms with E-state index in [-0.39, 0.29) is 17.9 Å². The predicted octanol–water partition coefficient (Wildman–Crippen LogP) is 1.13. The highest BCUT2D eigenvalue weighted by Crippen LogP contribution is 2.30. The molecule has 6 N–H and O–H groups in total. The average Bonchev–Trinajstić information content (AvgIpc) is 2.17. The average molecular weight is 235 g/mol. The molecular formula is C9H12F3N3O. The summed E-state index contributed by atoms with van der Waals surface area (Å²) in [5.74, 6) is -0.375. The van der Waals surface area contributed by atoms with Crippen LogP contribution in [-0.2, 0) is 0 Å². The van der Waals surface area contributed by atoms with Crippen LogP contribution >= 0.6 is 0 Å². The van der Waals surface area contributed by atoms with Gasteiger partial charge in [-0.05, 0) is 18.2 Å². The fraction of sp³-hybridized carbons (Fsp3) is 0.333. The first-order chi connectivity index (χ1) is 7.33. The van der Waals surface area contributed by atoms with E-state index >= 15 is 0 Å². The zero-order chi connectivity index (χ0) is 12.3. The molecule has 1 aromatic rings. The third-order valence-corrected chi connectivity index (χ3v) is 1.91. The Balaban J connectivity index is 3.07. The van der Waals surface area contributed by atoms with Crippen LogP contribution in [0.2, 0.25) is 0 Å². The highest BCUT2D eigenvalue weighted by Gasteiger charge is 2.32. The molecule has 0 aromatic heterocycles. The highest BCUT2D eigenvalue weighted by atomic mass is 19.4. The van der Waals surface area contributed by atoms with Crippen LogP contribution in [0.25, 0.3) is 0 Å². The van der Waals surface area contributed by atoms with Crippen molar-refractivity contribution >= 4 is 5.69 Å². The van der Waals surface area contributed by atoms with Gasteiger partial charge in [-0.15, -0.1) is 13.2 Å². The molecular weight excluding hydrogens is 223 g/mol. The Morgan fingerprint density at radius 3 is 2.44 bits per heavy atom. The molecule has 4 nitrogen and oxygen atoms in total. The number of alkyl halides is 3. The van der Waals surface area contributed by atoms with Crippen molar-refractivity contribution in [1.29, 1.82) is 0 Å². The van der Waals surface area contributed by atoms with Crippen LogP contribution in [0, 0.1) is 0 Å². The first-order valence-electron chi connectivity index (χ1n) is 4.44. The van der Waals surface area contributed by atoms with Crippen molar-refractivity contribution in [1.82, 2.24) is 0 Å². The van der Waals surface area contributed by atoms with E-state index in [4.69, 9.17) is 17.2 Å². The molecule has 0 saturated heterocycles. The van der Waals surface area contributed by atoms with Gasteiger partial charge in [0.05, 0.1) is 0 Å².